The van der Waals surface area contributed by atoms with Crippen molar-refractivity contribution in [2.75, 3.05) is 29.5 Å². The molecule has 2 aromatic carbocycles. The highest BCUT2D eigenvalue weighted by Gasteiger charge is 2.40. The summed E-state index contributed by atoms with van der Waals surface area (Å²) in [6, 6.07) is 4.49. The highest BCUT2D eigenvalue weighted by atomic mass is 32.2. The van der Waals surface area contributed by atoms with E-state index in [9.17, 15) is 32.3 Å². The van der Waals surface area contributed by atoms with Gasteiger partial charge in [0.05, 0.1) is 28.9 Å². The molecule has 0 aliphatic carbocycles. The zero-order valence-corrected chi connectivity index (χ0v) is 24.8. The van der Waals surface area contributed by atoms with Crippen LogP contribution in [0.2, 0.25) is 0 Å². The number of benzene rings is 2. The predicted octanol–water partition coefficient (Wildman–Crippen LogP) is 5.80. The molecule has 15 heteroatoms. The third-order valence-corrected chi connectivity index (χ3v) is 9.56. The van der Waals surface area contributed by atoms with E-state index >= 15 is 4.39 Å². The lowest BCUT2D eigenvalue weighted by atomic mass is 9.95. The van der Waals surface area contributed by atoms with Crippen molar-refractivity contribution in [3.05, 3.63) is 76.0 Å². The molecule has 2 aromatic heterocycles. The number of carboxylic acid groups (broad SMARTS) is 1. The Balaban J connectivity index is 1.68. The number of piperazine rings is 1. The monoisotopic (exact) mass is 646 g/mol. The summed E-state index contributed by atoms with van der Waals surface area (Å²) in [6.45, 7) is 3.52. The van der Waals surface area contributed by atoms with Gasteiger partial charge in [-0.3, -0.25) is 14.5 Å². The van der Waals surface area contributed by atoms with Gasteiger partial charge in [-0.1, -0.05) is 0 Å². The van der Waals surface area contributed by atoms with Crippen molar-refractivity contribution in [2.45, 2.75) is 49.5 Å². The summed E-state index contributed by atoms with van der Waals surface area (Å²) in [5.41, 5.74) is 3.05. The number of thioether (sulfide) groups is 1. The second-order valence-electron chi connectivity index (χ2n) is 11.3. The number of anilines is 2. The number of hydrogen-bond acceptors (Lipinski definition) is 7. The lowest BCUT2D eigenvalue weighted by Gasteiger charge is -2.43. The van der Waals surface area contributed by atoms with Gasteiger partial charge in [0.15, 0.2) is 0 Å². The molecule has 1 unspecified atom stereocenters. The third kappa shape index (κ3) is 5.32. The SMILES string of the molecule is C[C@@H]1CN(c2nc(=O)n3c4c(c(-c5cc(N)c(F)cc5F)c(C(F)(F)F)cc24)SCC(c2ccncc2)C3)C[C@H](C)N1C(=O)O. The molecule has 3 N–H and O–H groups in total. The number of hydrogen-bond donors (Lipinski definition) is 2. The zero-order valence-electron chi connectivity index (χ0n) is 24.0. The van der Waals surface area contributed by atoms with Crippen molar-refractivity contribution in [2.24, 2.45) is 0 Å². The van der Waals surface area contributed by atoms with Crippen molar-refractivity contribution < 1.29 is 31.9 Å². The van der Waals surface area contributed by atoms with Crippen molar-refractivity contribution >= 4 is 40.3 Å². The van der Waals surface area contributed by atoms with Crippen LogP contribution in [-0.2, 0) is 12.7 Å². The maximum Gasteiger partial charge on any atom is 0.417 e. The van der Waals surface area contributed by atoms with Crippen LogP contribution in [0.25, 0.3) is 22.0 Å². The van der Waals surface area contributed by atoms with Gasteiger partial charge in [0, 0.05) is 71.2 Å². The Morgan fingerprint density at radius 2 is 1.71 bits per heavy atom. The van der Waals surface area contributed by atoms with Crippen molar-refractivity contribution in [3.63, 3.8) is 0 Å². The largest absolute Gasteiger partial charge is 0.465 e. The summed E-state index contributed by atoms with van der Waals surface area (Å²) < 4.78 is 75.7. The van der Waals surface area contributed by atoms with Gasteiger partial charge >= 0.3 is 18.0 Å². The molecular weight excluding hydrogens is 619 g/mol. The van der Waals surface area contributed by atoms with Gasteiger partial charge in [-0.2, -0.15) is 18.2 Å². The number of halogens is 5. The number of rotatable bonds is 3. The molecule has 236 valence electrons. The Labute approximate surface area is 257 Å². The van der Waals surface area contributed by atoms with Crippen LogP contribution in [0.15, 0.2) is 52.4 Å². The number of pyridine rings is 1. The lowest BCUT2D eigenvalue weighted by molar-refractivity contribution is -0.137. The highest BCUT2D eigenvalue weighted by molar-refractivity contribution is 7.99. The maximum atomic E-state index is 15.4. The maximum absolute atomic E-state index is 15.4. The number of alkyl halides is 3. The molecule has 6 rings (SSSR count). The Morgan fingerprint density at radius 3 is 2.33 bits per heavy atom. The summed E-state index contributed by atoms with van der Waals surface area (Å²) in [5.74, 6) is -2.53. The van der Waals surface area contributed by atoms with E-state index in [1.165, 1.54) is 9.47 Å². The van der Waals surface area contributed by atoms with E-state index in [0.29, 0.717) is 6.07 Å². The first kappa shape index (κ1) is 30.6. The number of carbonyl (C=O) groups is 1. The highest BCUT2D eigenvalue weighted by Crippen LogP contribution is 2.50. The third-order valence-electron chi connectivity index (χ3n) is 8.31. The quantitative estimate of drug-likeness (QED) is 0.212. The molecule has 1 fully saturated rings. The average Bonchev–Trinajstić information content (AvgIpc) is 3.17. The summed E-state index contributed by atoms with van der Waals surface area (Å²) in [4.78, 5) is 36.8. The van der Waals surface area contributed by atoms with E-state index < -0.39 is 64.1 Å². The van der Waals surface area contributed by atoms with Gasteiger partial charge in [-0.05, 0) is 43.7 Å². The number of aromatic nitrogens is 3. The van der Waals surface area contributed by atoms with Crippen molar-refractivity contribution in [1.29, 1.82) is 0 Å². The van der Waals surface area contributed by atoms with Gasteiger partial charge in [-0.15, -0.1) is 11.8 Å². The lowest BCUT2D eigenvalue weighted by Crippen LogP contribution is -2.58. The van der Waals surface area contributed by atoms with Crippen LogP contribution in [-0.4, -0.2) is 61.6 Å². The molecule has 4 aromatic rings. The van der Waals surface area contributed by atoms with E-state index in [1.807, 2.05) is 0 Å². The van der Waals surface area contributed by atoms with Gasteiger partial charge in [0.25, 0.3) is 0 Å². The smallest absolute Gasteiger partial charge is 0.417 e. The first-order valence-electron chi connectivity index (χ1n) is 14.0. The summed E-state index contributed by atoms with van der Waals surface area (Å²) in [5, 5.41) is 9.68. The van der Waals surface area contributed by atoms with E-state index in [1.54, 1.807) is 43.3 Å². The molecule has 1 amide bonds. The van der Waals surface area contributed by atoms with Crippen molar-refractivity contribution in [1.82, 2.24) is 19.4 Å². The van der Waals surface area contributed by atoms with Gasteiger partial charge in [0.2, 0.25) is 0 Å². The molecular formula is C30H27F5N6O3S. The van der Waals surface area contributed by atoms with Crippen LogP contribution in [0.3, 0.4) is 0 Å². The molecule has 3 atom stereocenters. The Morgan fingerprint density at radius 1 is 1.04 bits per heavy atom. The van der Waals surface area contributed by atoms with Gasteiger partial charge < -0.3 is 15.7 Å². The number of nitrogen functional groups attached to an aromatic ring is 1. The fourth-order valence-corrected chi connectivity index (χ4v) is 7.75. The summed E-state index contributed by atoms with van der Waals surface area (Å²) >= 11 is 1.03. The fourth-order valence-electron chi connectivity index (χ4n) is 6.36. The fraction of sp³-hybridized carbons (Fsp3) is 0.333. The minimum atomic E-state index is -5.01. The first-order chi connectivity index (χ1) is 21.3. The topological polar surface area (TPSA) is 118 Å². The van der Waals surface area contributed by atoms with Crippen LogP contribution in [0.1, 0.15) is 30.9 Å². The molecule has 0 saturated carbocycles. The molecule has 0 spiro atoms. The van der Waals surface area contributed by atoms with Crippen molar-refractivity contribution in [3.8, 4) is 11.1 Å². The molecule has 2 aliphatic heterocycles. The Hall–Kier alpha value is -4.40. The zero-order chi connectivity index (χ0) is 32.4. The Bertz CT molecular complexity index is 1870. The van der Waals surface area contributed by atoms with Crippen LogP contribution < -0.4 is 16.3 Å². The molecule has 1 saturated heterocycles. The molecule has 9 nitrogen and oxygen atoms in total. The van der Waals surface area contributed by atoms with Crippen LogP contribution in [0.4, 0.5) is 38.3 Å². The minimum Gasteiger partial charge on any atom is -0.465 e. The first-order valence-corrected chi connectivity index (χ1v) is 15.0. The standard InChI is InChI=1S/C30H27F5N6O3S/c1-14-10-39(11-15(2)41(14)29(43)44)27-19-7-20(30(33,34)35)24(18-8-23(36)22(32)9-21(18)31)26-25(19)40(28(42)38-27)12-17(13-45-26)16-3-5-37-6-4-16/h3-9,14-15,17H,10-13,36H2,1-2H3,(H,43,44)/t14-,15+,17?. The van der Waals surface area contributed by atoms with E-state index in [-0.39, 0.29) is 52.9 Å². The molecule has 2 aliphatic rings. The Kier molecular flexibility index (Phi) is 7.62. The average molecular weight is 647 g/mol. The molecule has 0 radical (unpaired) electrons. The summed E-state index contributed by atoms with van der Waals surface area (Å²) in [6.07, 6.45) is -3.01. The molecule has 0 bridgehead atoms. The predicted molar refractivity (Wildman–Crippen MR) is 159 cm³/mol. The number of nitrogens with zero attached hydrogens (tertiary/aromatic N) is 5. The summed E-state index contributed by atoms with van der Waals surface area (Å²) in [7, 11) is 0. The molecule has 4 heterocycles. The van der Waals surface area contributed by atoms with Gasteiger partial charge in [-0.25, -0.2) is 18.4 Å². The van der Waals surface area contributed by atoms with E-state index in [2.05, 4.69) is 9.97 Å². The number of amides is 1. The van der Waals surface area contributed by atoms with Crippen LogP contribution >= 0.6 is 11.8 Å². The second kappa shape index (κ2) is 11.2. The van der Waals surface area contributed by atoms with Crippen LogP contribution in [0.5, 0.6) is 0 Å². The second-order valence-corrected chi connectivity index (χ2v) is 12.3. The minimum absolute atomic E-state index is 0.00206. The van der Waals surface area contributed by atoms with E-state index in [4.69, 9.17) is 5.73 Å². The normalized spacial score (nSPS) is 20.4. The van der Waals surface area contributed by atoms with Crippen LogP contribution in [0, 0.1) is 11.6 Å². The molecule has 45 heavy (non-hydrogen) atoms. The number of nitrogens with two attached hydrogens (primary N) is 1. The van der Waals surface area contributed by atoms with E-state index in [0.717, 1.165) is 29.5 Å². The van der Waals surface area contributed by atoms with Gasteiger partial charge in [0.1, 0.15) is 17.5 Å².